The molecule has 140 valence electrons. The third-order valence-electron chi connectivity index (χ3n) is 4.09. The quantitative estimate of drug-likeness (QED) is 0.802. The molecule has 6 nitrogen and oxygen atoms in total. The summed E-state index contributed by atoms with van der Waals surface area (Å²) in [6.45, 7) is 1.81. The van der Waals surface area contributed by atoms with Crippen LogP contribution in [0.15, 0.2) is 35.7 Å². The predicted octanol–water partition coefficient (Wildman–Crippen LogP) is 3.15. The van der Waals surface area contributed by atoms with E-state index in [2.05, 4.69) is 10.0 Å². The van der Waals surface area contributed by atoms with Crippen LogP contribution in [-0.4, -0.2) is 31.2 Å². The lowest BCUT2D eigenvalue weighted by Gasteiger charge is -2.37. The minimum atomic E-state index is -3.81. The Hall–Kier alpha value is -1.52. The summed E-state index contributed by atoms with van der Waals surface area (Å²) in [5.74, 6) is -1.08. The van der Waals surface area contributed by atoms with Crippen LogP contribution in [0.5, 0.6) is 0 Å². The molecular formula is C16H17ClFN3O3S2. The van der Waals surface area contributed by atoms with E-state index in [1.54, 1.807) is 6.92 Å². The van der Waals surface area contributed by atoms with E-state index in [0.29, 0.717) is 5.69 Å². The second-order valence-corrected chi connectivity index (χ2v) is 8.81. The number of hydrogen-bond donors (Lipinski definition) is 2. The maximum absolute atomic E-state index is 13.3. The summed E-state index contributed by atoms with van der Waals surface area (Å²) in [6.07, 6.45) is 0.286. The largest absolute Gasteiger partial charge is 0.325 e. The molecule has 1 saturated heterocycles. The van der Waals surface area contributed by atoms with Gasteiger partial charge in [-0.05, 0) is 36.1 Å². The Morgan fingerprint density at radius 1 is 1.46 bits per heavy atom. The fraction of sp³-hybridized carbons (Fsp3) is 0.312. The van der Waals surface area contributed by atoms with Gasteiger partial charge in [-0.1, -0.05) is 24.6 Å². The first-order valence-electron chi connectivity index (χ1n) is 7.90. The molecule has 2 atom stereocenters. The van der Waals surface area contributed by atoms with Gasteiger partial charge < -0.3 is 5.32 Å². The lowest BCUT2D eigenvalue weighted by atomic mass is 10.1. The minimum Gasteiger partial charge on any atom is -0.325 e. The highest BCUT2D eigenvalue weighted by Gasteiger charge is 2.42. The number of halogens is 2. The van der Waals surface area contributed by atoms with Crippen molar-refractivity contribution in [3.63, 3.8) is 0 Å². The minimum absolute atomic E-state index is 0.121. The fourth-order valence-electron chi connectivity index (χ4n) is 2.90. The maximum Gasteiger partial charge on any atom is 0.280 e. The Balaban J connectivity index is 1.86. The van der Waals surface area contributed by atoms with Crippen molar-refractivity contribution in [1.29, 1.82) is 0 Å². The van der Waals surface area contributed by atoms with Gasteiger partial charge in [-0.15, -0.1) is 11.3 Å². The third-order valence-corrected chi connectivity index (χ3v) is 7.08. The first kappa shape index (κ1) is 19.2. The number of carbonyl (C=O) groups is 1. The zero-order chi connectivity index (χ0) is 18.9. The second-order valence-electron chi connectivity index (χ2n) is 5.76. The van der Waals surface area contributed by atoms with Crippen molar-refractivity contribution in [2.75, 3.05) is 11.9 Å². The topological polar surface area (TPSA) is 78.5 Å². The monoisotopic (exact) mass is 417 g/mol. The molecule has 2 heterocycles. The number of thiophene rings is 1. The molecule has 1 aliphatic rings. The molecule has 1 aromatic carbocycles. The zero-order valence-corrected chi connectivity index (χ0v) is 16.2. The van der Waals surface area contributed by atoms with Crippen molar-refractivity contribution >= 4 is 44.7 Å². The van der Waals surface area contributed by atoms with Crippen LogP contribution < -0.4 is 10.0 Å². The van der Waals surface area contributed by atoms with Crippen LogP contribution in [-0.2, 0) is 15.0 Å². The average Bonchev–Trinajstić information content (AvgIpc) is 3.11. The first-order chi connectivity index (χ1) is 12.3. The molecule has 10 heteroatoms. The predicted molar refractivity (Wildman–Crippen MR) is 99.9 cm³/mol. The number of benzene rings is 1. The number of amides is 1. The van der Waals surface area contributed by atoms with Gasteiger partial charge in [-0.3, -0.25) is 4.79 Å². The average molecular weight is 418 g/mol. The molecule has 0 aliphatic carbocycles. The van der Waals surface area contributed by atoms with Crippen molar-refractivity contribution in [2.24, 2.45) is 0 Å². The fourth-order valence-corrected chi connectivity index (χ4v) is 5.52. The van der Waals surface area contributed by atoms with Crippen LogP contribution in [0.25, 0.3) is 0 Å². The number of carbonyl (C=O) groups excluding carboxylic acids is 1. The van der Waals surface area contributed by atoms with E-state index in [0.717, 1.165) is 15.2 Å². The van der Waals surface area contributed by atoms with Crippen LogP contribution in [0.3, 0.4) is 0 Å². The SMILES string of the molecule is CCN1[C@H](C(=O)Nc2ccc(F)c(Cl)c2)C[C@H](c2cccs2)NS1(=O)=O. The molecule has 2 N–H and O–H groups in total. The van der Waals surface area contributed by atoms with Gasteiger partial charge in [0.15, 0.2) is 0 Å². The van der Waals surface area contributed by atoms with Crippen LogP contribution in [0.4, 0.5) is 10.1 Å². The van der Waals surface area contributed by atoms with Crippen LogP contribution in [0.1, 0.15) is 24.3 Å². The number of hydrogen-bond acceptors (Lipinski definition) is 4. The van der Waals surface area contributed by atoms with Crippen molar-refractivity contribution in [1.82, 2.24) is 9.03 Å². The van der Waals surface area contributed by atoms with Crippen LogP contribution in [0.2, 0.25) is 5.02 Å². The van der Waals surface area contributed by atoms with Crippen LogP contribution >= 0.6 is 22.9 Å². The second kappa shape index (κ2) is 7.61. The lowest BCUT2D eigenvalue weighted by Crippen LogP contribution is -2.57. The smallest absolute Gasteiger partial charge is 0.280 e. The van der Waals surface area contributed by atoms with Gasteiger partial charge in [0.05, 0.1) is 11.1 Å². The molecule has 1 aliphatic heterocycles. The molecule has 3 rings (SSSR count). The highest BCUT2D eigenvalue weighted by molar-refractivity contribution is 7.87. The molecule has 1 amide bonds. The normalized spacial score (nSPS) is 22.9. The van der Waals surface area contributed by atoms with Crippen molar-refractivity contribution in [3.8, 4) is 0 Å². The zero-order valence-electron chi connectivity index (χ0n) is 13.8. The first-order valence-corrected chi connectivity index (χ1v) is 10.6. The maximum atomic E-state index is 13.3. The van der Waals surface area contributed by atoms with Crippen molar-refractivity contribution in [3.05, 3.63) is 51.4 Å². The van der Waals surface area contributed by atoms with Gasteiger partial charge >= 0.3 is 0 Å². The summed E-state index contributed by atoms with van der Waals surface area (Å²) < 4.78 is 42.1. The molecule has 2 aromatic rings. The van der Waals surface area contributed by atoms with E-state index in [1.165, 1.54) is 23.5 Å². The van der Waals surface area contributed by atoms with E-state index in [-0.39, 0.29) is 18.0 Å². The number of nitrogens with one attached hydrogen (secondary N) is 2. The van der Waals surface area contributed by atoms with Gasteiger partial charge in [0.25, 0.3) is 10.2 Å². The van der Waals surface area contributed by atoms with Crippen molar-refractivity contribution < 1.29 is 17.6 Å². The molecular weight excluding hydrogens is 401 g/mol. The number of anilines is 1. The summed E-state index contributed by atoms with van der Waals surface area (Å²) in [4.78, 5) is 13.6. The summed E-state index contributed by atoms with van der Waals surface area (Å²) in [5.41, 5.74) is 0.307. The molecule has 0 saturated carbocycles. The molecule has 0 unspecified atom stereocenters. The Morgan fingerprint density at radius 2 is 2.23 bits per heavy atom. The molecule has 1 aromatic heterocycles. The summed E-state index contributed by atoms with van der Waals surface area (Å²) in [6, 6.07) is 6.10. The standard InChI is InChI=1S/C16H17ClFN3O3S2/c1-2-21-14(16(22)19-10-5-6-12(18)11(17)8-10)9-13(20-26(21,23)24)15-4-3-7-25-15/h3-8,13-14,20H,2,9H2,1H3,(H,19,22)/t13-,14+/m1/s1. The summed E-state index contributed by atoms with van der Waals surface area (Å²) in [7, 11) is -3.81. The van der Waals surface area contributed by atoms with Gasteiger partial charge in [-0.2, -0.15) is 17.4 Å². The highest BCUT2D eigenvalue weighted by atomic mass is 35.5. The molecule has 26 heavy (non-hydrogen) atoms. The summed E-state index contributed by atoms with van der Waals surface area (Å²) >= 11 is 7.16. The molecule has 0 bridgehead atoms. The van der Waals surface area contributed by atoms with E-state index >= 15 is 0 Å². The van der Waals surface area contributed by atoms with E-state index in [4.69, 9.17) is 11.6 Å². The van der Waals surface area contributed by atoms with E-state index in [9.17, 15) is 17.6 Å². The highest BCUT2D eigenvalue weighted by Crippen LogP contribution is 2.31. The van der Waals surface area contributed by atoms with Gasteiger partial charge in [0.1, 0.15) is 11.9 Å². The Labute approximate surface area is 160 Å². The van der Waals surface area contributed by atoms with Crippen LogP contribution in [0, 0.1) is 5.82 Å². The Morgan fingerprint density at radius 3 is 2.85 bits per heavy atom. The Bertz CT molecular complexity index is 905. The number of nitrogens with zero attached hydrogens (tertiary/aromatic N) is 1. The molecule has 0 spiro atoms. The third kappa shape index (κ3) is 3.91. The van der Waals surface area contributed by atoms with Gasteiger partial charge in [0, 0.05) is 17.1 Å². The molecule has 0 radical (unpaired) electrons. The van der Waals surface area contributed by atoms with Gasteiger partial charge in [-0.25, -0.2) is 4.39 Å². The lowest BCUT2D eigenvalue weighted by molar-refractivity contribution is -0.120. The van der Waals surface area contributed by atoms with Gasteiger partial charge in [0.2, 0.25) is 5.91 Å². The van der Waals surface area contributed by atoms with Crippen molar-refractivity contribution in [2.45, 2.75) is 25.4 Å². The number of rotatable bonds is 4. The van der Waals surface area contributed by atoms with E-state index in [1.807, 2.05) is 17.5 Å². The number of likely N-dealkylation sites (N-methyl/N-ethyl adjacent to an activating group) is 1. The van der Waals surface area contributed by atoms with E-state index < -0.39 is 34.0 Å². The summed E-state index contributed by atoms with van der Waals surface area (Å²) in [5, 5.41) is 4.36. The molecule has 1 fully saturated rings. The Kier molecular flexibility index (Phi) is 5.64.